The highest BCUT2D eigenvalue weighted by Crippen LogP contribution is 2.32. The van der Waals surface area contributed by atoms with Crippen LogP contribution in [-0.2, 0) is 14.8 Å². The Morgan fingerprint density at radius 1 is 1.06 bits per heavy atom. The van der Waals surface area contributed by atoms with Crippen molar-refractivity contribution in [2.45, 2.75) is 70.6 Å². The summed E-state index contributed by atoms with van der Waals surface area (Å²) < 4.78 is 27.8. The highest BCUT2D eigenvalue weighted by atomic mass is 32.2. The first kappa shape index (κ1) is 23.2. The summed E-state index contributed by atoms with van der Waals surface area (Å²) in [6.07, 6.45) is 7.83. The minimum Gasteiger partial charge on any atom is -0.326 e. The van der Waals surface area contributed by atoms with E-state index in [0.717, 1.165) is 31.6 Å². The molecule has 3 rings (SSSR count). The van der Waals surface area contributed by atoms with E-state index in [-0.39, 0.29) is 22.5 Å². The van der Waals surface area contributed by atoms with Gasteiger partial charge in [0.05, 0.1) is 4.90 Å². The molecule has 7 nitrogen and oxygen atoms in total. The first-order valence-corrected chi connectivity index (χ1v) is 12.5. The number of unbranched alkanes of at least 4 members (excludes halogenated alkanes) is 1. The minimum absolute atomic E-state index is 0.0228. The summed E-state index contributed by atoms with van der Waals surface area (Å²) in [5, 5.41) is 2.94. The molecule has 0 aliphatic heterocycles. The molecular formula is C23H32N4O3S. The summed E-state index contributed by atoms with van der Waals surface area (Å²) in [4.78, 5) is 21.0. The van der Waals surface area contributed by atoms with Gasteiger partial charge < -0.3 is 5.32 Å². The second-order valence-electron chi connectivity index (χ2n) is 8.42. The minimum atomic E-state index is -3.78. The largest absolute Gasteiger partial charge is 0.326 e. The molecule has 1 aliphatic rings. The lowest BCUT2D eigenvalue weighted by Crippen LogP contribution is -2.27. The van der Waals surface area contributed by atoms with Gasteiger partial charge in [-0.2, -0.15) is 0 Å². The van der Waals surface area contributed by atoms with E-state index >= 15 is 0 Å². The molecule has 1 aromatic heterocycles. The summed E-state index contributed by atoms with van der Waals surface area (Å²) in [7, 11) is -3.78. The quantitative estimate of drug-likeness (QED) is 0.607. The summed E-state index contributed by atoms with van der Waals surface area (Å²) in [5.41, 5.74) is 1.29. The maximum Gasteiger partial charge on any atom is 0.263 e. The molecule has 0 radical (unpaired) electrons. The van der Waals surface area contributed by atoms with E-state index in [1.807, 2.05) is 0 Å². The number of hydrogen-bond donors (Lipinski definition) is 2. The molecule has 1 aliphatic carbocycles. The zero-order chi connectivity index (χ0) is 22.4. The van der Waals surface area contributed by atoms with E-state index in [0.29, 0.717) is 17.2 Å². The Bertz CT molecular complexity index is 978. The van der Waals surface area contributed by atoms with E-state index in [2.05, 4.69) is 26.9 Å². The molecule has 2 aromatic rings. The molecule has 31 heavy (non-hydrogen) atoms. The molecule has 1 heterocycles. The van der Waals surface area contributed by atoms with Crippen molar-refractivity contribution in [1.82, 2.24) is 9.97 Å². The van der Waals surface area contributed by atoms with Gasteiger partial charge in [0, 0.05) is 23.4 Å². The first-order valence-electron chi connectivity index (χ1n) is 11.0. The standard InChI is InChI=1S/C23H32N4O3S/c1-4-5-6-18-7-9-19(10-8-18)23(28)26-20-11-13-21(14-12-20)31(29,30)27-22-15-16(2)24-17(3)25-22/h11-15,18-19H,4-10H2,1-3H3,(H,26,28)(H,24,25,27). The van der Waals surface area contributed by atoms with Gasteiger partial charge in [0.2, 0.25) is 5.91 Å². The van der Waals surface area contributed by atoms with Crippen molar-refractivity contribution in [3.8, 4) is 0 Å². The van der Waals surface area contributed by atoms with Gasteiger partial charge in [-0.1, -0.05) is 26.2 Å². The fourth-order valence-electron chi connectivity index (χ4n) is 4.13. The third-order valence-corrected chi connectivity index (χ3v) is 7.19. The van der Waals surface area contributed by atoms with Gasteiger partial charge in [-0.05, 0) is 69.7 Å². The fourth-order valence-corrected chi connectivity index (χ4v) is 5.13. The number of aromatic nitrogens is 2. The molecule has 0 bridgehead atoms. The molecular weight excluding hydrogens is 412 g/mol. The monoisotopic (exact) mass is 444 g/mol. The van der Waals surface area contributed by atoms with E-state index in [1.54, 1.807) is 32.0 Å². The molecule has 0 spiro atoms. The average Bonchev–Trinajstić information content (AvgIpc) is 2.72. The second-order valence-corrected chi connectivity index (χ2v) is 10.1. The highest BCUT2D eigenvalue weighted by Gasteiger charge is 2.26. The number of benzene rings is 1. The summed E-state index contributed by atoms with van der Waals surface area (Å²) in [5.74, 6) is 1.54. The topological polar surface area (TPSA) is 101 Å². The molecule has 8 heteroatoms. The van der Waals surface area contributed by atoms with Crippen LogP contribution in [-0.4, -0.2) is 24.3 Å². The van der Waals surface area contributed by atoms with E-state index in [1.165, 1.54) is 31.4 Å². The number of nitrogens with one attached hydrogen (secondary N) is 2. The van der Waals surface area contributed by atoms with Crippen molar-refractivity contribution in [2.24, 2.45) is 11.8 Å². The van der Waals surface area contributed by atoms with Crippen molar-refractivity contribution in [3.63, 3.8) is 0 Å². The smallest absolute Gasteiger partial charge is 0.263 e. The fraction of sp³-hybridized carbons (Fsp3) is 0.522. The number of sulfonamides is 1. The third kappa shape index (κ3) is 6.50. The second kappa shape index (κ2) is 10.2. The Morgan fingerprint density at radius 2 is 1.74 bits per heavy atom. The molecule has 1 saturated carbocycles. The predicted molar refractivity (Wildman–Crippen MR) is 122 cm³/mol. The van der Waals surface area contributed by atoms with Gasteiger partial charge in [-0.3, -0.25) is 9.52 Å². The number of carbonyl (C=O) groups is 1. The molecule has 1 fully saturated rings. The van der Waals surface area contributed by atoms with Crippen LogP contribution in [0.4, 0.5) is 11.5 Å². The van der Waals surface area contributed by atoms with Crippen LogP contribution in [0.25, 0.3) is 0 Å². The zero-order valence-electron chi connectivity index (χ0n) is 18.5. The first-order chi connectivity index (χ1) is 14.8. The van der Waals surface area contributed by atoms with Crippen LogP contribution >= 0.6 is 0 Å². The SMILES string of the molecule is CCCCC1CCC(C(=O)Nc2ccc(S(=O)(=O)Nc3cc(C)nc(C)n3)cc2)CC1. The lowest BCUT2D eigenvalue weighted by molar-refractivity contribution is -0.121. The normalized spacial score (nSPS) is 19.1. The van der Waals surface area contributed by atoms with E-state index in [9.17, 15) is 13.2 Å². The van der Waals surface area contributed by atoms with Crippen LogP contribution in [0.1, 0.15) is 63.4 Å². The zero-order valence-corrected chi connectivity index (χ0v) is 19.3. The Kier molecular flexibility index (Phi) is 7.64. The number of nitrogens with zero attached hydrogens (tertiary/aromatic N) is 2. The summed E-state index contributed by atoms with van der Waals surface area (Å²) in [6, 6.07) is 7.79. The van der Waals surface area contributed by atoms with Gasteiger partial charge in [-0.15, -0.1) is 0 Å². The Morgan fingerprint density at radius 3 is 2.35 bits per heavy atom. The predicted octanol–water partition coefficient (Wildman–Crippen LogP) is 4.83. The summed E-state index contributed by atoms with van der Waals surface area (Å²) in [6.45, 7) is 5.70. The lowest BCUT2D eigenvalue weighted by atomic mass is 9.79. The number of hydrogen-bond acceptors (Lipinski definition) is 5. The van der Waals surface area contributed by atoms with E-state index < -0.39 is 10.0 Å². The van der Waals surface area contributed by atoms with Crippen LogP contribution in [0, 0.1) is 25.7 Å². The van der Waals surface area contributed by atoms with Crippen molar-refractivity contribution in [2.75, 3.05) is 10.0 Å². The Labute approximate surface area is 185 Å². The molecule has 168 valence electrons. The van der Waals surface area contributed by atoms with Crippen molar-refractivity contribution >= 4 is 27.4 Å². The maximum atomic E-state index is 12.7. The average molecular weight is 445 g/mol. The van der Waals surface area contributed by atoms with Gasteiger partial charge in [-0.25, -0.2) is 18.4 Å². The number of anilines is 2. The van der Waals surface area contributed by atoms with E-state index in [4.69, 9.17) is 0 Å². The van der Waals surface area contributed by atoms with Gasteiger partial charge >= 0.3 is 0 Å². The van der Waals surface area contributed by atoms with Crippen LogP contribution < -0.4 is 10.0 Å². The summed E-state index contributed by atoms with van der Waals surface area (Å²) >= 11 is 0. The third-order valence-electron chi connectivity index (χ3n) is 5.82. The molecule has 1 amide bonds. The van der Waals surface area contributed by atoms with Crippen molar-refractivity contribution in [3.05, 3.63) is 41.9 Å². The molecule has 0 saturated heterocycles. The Hall–Kier alpha value is -2.48. The van der Waals surface area contributed by atoms with Crippen LogP contribution in [0.3, 0.4) is 0 Å². The van der Waals surface area contributed by atoms with Crippen LogP contribution in [0.15, 0.2) is 35.2 Å². The molecule has 1 aromatic carbocycles. The number of carbonyl (C=O) groups excluding carboxylic acids is 1. The highest BCUT2D eigenvalue weighted by molar-refractivity contribution is 7.92. The maximum absolute atomic E-state index is 12.7. The van der Waals surface area contributed by atoms with Crippen molar-refractivity contribution < 1.29 is 13.2 Å². The van der Waals surface area contributed by atoms with Crippen LogP contribution in [0.2, 0.25) is 0 Å². The van der Waals surface area contributed by atoms with Crippen LogP contribution in [0.5, 0.6) is 0 Å². The number of aryl methyl sites for hydroxylation is 2. The van der Waals surface area contributed by atoms with Gasteiger partial charge in [0.25, 0.3) is 10.0 Å². The number of amides is 1. The molecule has 0 unspecified atom stereocenters. The van der Waals surface area contributed by atoms with Gasteiger partial charge in [0.1, 0.15) is 11.6 Å². The van der Waals surface area contributed by atoms with Gasteiger partial charge in [0.15, 0.2) is 0 Å². The van der Waals surface area contributed by atoms with Crippen molar-refractivity contribution in [1.29, 1.82) is 0 Å². The lowest BCUT2D eigenvalue weighted by Gasteiger charge is -2.27. The Balaban J connectivity index is 1.57. The number of rotatable bonds is 8. The molecule has 2 N–H and O–H groups in total. The molecule has 0 atom stereocenters.